The van der Waals surface area contributed by atoms with Gasteiger partial charge in [-0.2, -0.15) is 0 Å². The summed E-state index contributed by atoms with van der Waals surface area (Å²) in [5.74, 6) is 0.469. The summed E-state index contributed by atoms with van der Waals surface area (Å²) >= 11 is 0. The molecular weight excluding hydrogens is 318 g/mol. The molecule has 2 N–H and O–H groups in total. The summed E-state index contributed by atoms with van der Waals surface area (Å²) in [6.07, 6.45) is 6.31. The lowest BCUT2D eigenvalue weighted by Crippen LogP contribution is -2.41. The number of hydrogen-bond acceptors (Lipinski definition) is 5. The average molecular weight is 339 g/mol. The minimum Gasteiger partial charge on any atom is -0.372 e. The number of carbonyl (C=O) groups is 2. The second kappa shape index (κ2) is 7.74. The molecule has 7 nitrogen and oxygen atoms in total. The summed E-state index contributed by atoms with van der Waals surface area (Å²) in [5.41, 5.74) is 1.51. The van der Waals surface area contributed by atoms with Crippen molar-refractivity contribution in [1.29, 1.82) is 0 Å². The van der Waals surface area contributed by atoms with Crippen LogP contribution in [0.4, 0.5) is 5.82 Å². The van der Waals surface area contributed by atoms with Crippen LogP contribution in [-0.4, -0.2) is 46.3 Å². The van der Waals surface area contributed by atoms with E-state index in [2.05, 4.69) is 20.6 Å². The lowest BCUT2D eigenvalue weighted by molar-refractivity contribution is -0.119. The van der Waals surface area contributed by atoms with Crippen LogP contribution in [-0.2, 0) is 11.3 Å². The Hall–Kier alpha value is -2.96. The smallest absolute Gasteiger partial charge is 0.257 e. The molecule has 1 aliphatic heterocycles. The Morgan fingerprint density at radius 3 is 2.80 bits per heavy atom. The first-order valence-electron chi connectivity index (χ1n) is 8.27. The predicted octanol–water partition coefficient (Wildman–Crippen LogP) is 1.44. The van der Waals surface area contributed by atoms with Crippen molar-refractivity contribution in [3.63, 3.8) is 0 Å². The zero-order chi connectivity index (χ0) is 17.6. The van der Waals surface area contributed by atoms with Crippen molar-refractivity contribution >= 4 is 17.6 Å². The topological polar surface area (TPSA) is 87.2 Å². The zero-order valence-corrected chi connectivity index (χ0v) is 14.1. The maximum atomic E-state index is 13.1. The standard InChI is InChI=1S/C18H21N5O2/c1-19-17-15(3-2-8-21-17)18(25)23(11-13-6-9-20-10-7-13)12-14-4-5-16(24)22-14/h2-3,6-10,14H,4-5,11-12H2,1H3,(H,19,21)(H,22,24)/t14-/m0/s1. The van der Waals surface area contributed by atoms with Gasteiger partial charge in [-0.25, -0.2) is 4.98 Å². The van der Waals surface area contributed by atoms with E-state index in [0.717, 1.165) is 12.0 Å². The van der Waals surface area contributed by atoms with Gasteiger partial charge in [0.15, 0.2) is 0 Å². The highest BCUT2D eigenvalue weighted by molar-refractivity contribution is 5.98. The minimum atomic E-state index is -0.115. The van der Waals surface area contributed by atoms with Gasteiger partial charge in [-0.3, -0.25) is 14.6 Å². The van der Waals surface area contributed by atoms with Gasteiger partial charge in [0, 0.05) is 51.2 Å². The molecule has 0 saturated carbocycles. The molecule has 0 spiro atoms. The highest BCUT2D eigenvalue weighted by Crippen LogP contribution is 2.18. The first-order valence-corrected chi connectivity index (χ1v) is 8.27. The number of pyridine rings is 2. The third-order valence-electron chi connectivity index (χ3n) is 4.21. The van der Waals surface area contributed by atoms with E-state index in [1.807, 2.05) is 12.1 Å². The van der Waals surface area contributed by atoms with Crippen molar-refractivity contribution in [3.05, 3.63) is 54.0 Å². The van der Waals surface area contributed by atoms with E-state index in [9.17, 15) is 9.59 Å². The molecular formula is C18H21N5O2. The predicted molar refractivity (Wildman–Crippen MR) is 93.9 cm³/mol. The largest absolute Gasteiger partial charge is 0.372 e. The molecule has 0 bridgehead atoms. The van der Waals surface area contributed by atoms with Crippen LogP contribution >= 0.6 is 0 Å². The van der Waals surface area contributed by atoms with Crippen molar-refractivity contribution in [1.82, 2.24) is 20.2 Å². The average Bonchev–Trinajstić information content (AvgIpc) is 3.06. The third-order valence-corrected chi connectivity index (χ3v) is 4.21. The Labute approximate surface area is 146 Å². The van der Waals surface area contributed by atoms with Crippen LogP contribution in [0.3, 0.4) is 0 Å². The zero-order valence-electron chi connectivity index (χ0n) is 14.1. The van der Waals surface area contributed by atoms with Gasteiger partial charge in [-0.05, 0) is 36.2 Å². The Morgan fingerprint density at radius 2 is 2.12 bits per heavy atom. The van der Waals surface area contributed by atoms with E-state index < -0.39 is 0 Å². The third kappa shape index (κ3) is 4.12. The molecule has 3 rings (SSSR count). The summed E-state index contributed by atoms with van der Waals surface area (Å²) in [4.78, 5) is 34.6. The Balaban J connectivity index is 1.84. The number of nitrogens with zero attached hydrogens (tertiary/aromatic N) is 3. The number of nitrogens with one attached hydrogen (secondary N) is 2. The van der Waals surface area contributed by atoms with Crippen LogP contribution in [0.15, 0.2) is 42.9 Å². The van der Waals surface area contributed by atoms with Crippen molar-refractivity contribution in [3.8, 4) is 0 Å². The molecule has 2 aromatic rings. The number of hydrogen-bond donors (Lipinski definition) is 2. The van der Waals surface area contributed by atoms with Gasteiger partial charge in [0.1, 0.15) is 5.82 Å². The molecule has 0 unspecified atom stereocenters. The highest BCUT2D eigenvalue weighted by atomic mass is 16.2. The van der Waals surface area contributed by atoms with Crippen LogP contribution in [0.1, 0.15) is 28.8 Å². The van der Waals surface area contributed by atoms with Crippen LogP contribution in [0.5, 0.6) is 0 Å². The lowest BCUT2D eigenvalue weighted by Gasteiger charge is -2.26. The summed E-state index contributed by atoms with van der Waals surface area (Å²) in [5, 5.41) is 5.89. The van der Waals surface area contributed by atoms with Gasteiger partial charge in [-0.15, -0.1) is 0 Å². The van der Waals surface area contributed by atoms with Crippen LogP contribution in [0, 0.1) is 0 Å². The molecule has 130 valence electrons. The maximum absolute atomic E-state index is 13.1. The van der Waals surface area contributed by atoms with Crippen molar-refractivity contribution in [2.75, 3.05) is 18.9 Å². The molecule has 25 heavy (non-hydrogen) atoms. The number of aromatic nitrogens is 2. The molecule has 1 aliphatic rings. The highest BCUT2D eigenvalue weighted by Gasteiger charge is 2.27. The first kappa shape index (κ1) is 16.9. The molecule has 1 saturated heterocycles. The number of anilines is 1. The fraction of sp³-hybridized carbons (Fsp3) is 0.333. The molecule has 1 fully saturated rings. The lowest BCUT2D eigenvalue weighted by atomic mass is 10.1. The SMILES string of the molecule is CNc1ncccc1C(=O)N(Cc1ccncc1)C[C@@H]1CCC(=O)N1. The second-order valence-electron chi connectivity index (χ2n) is 5.99. The van der Waals surface area contributed by atoms with Gasteiger partial charge in [0.2, 0.25) is 5.91 Å². The summed E-state index contributed by atoms with van der Waals surface area (Å²) in [7, 11) is 1.74. The van der Waals surface area contributed by atoms with Crippen molar-refractivity contribution < 1.29 is 9.59 Å². The Bertz CT molecular complexity index is 750. The van der Waals surface area contributed by atoms with E-state index in [0.29, 0.717) is 30.9 Å². The maximum Gasteiger partial charge on any atom is 0.257 e. The molecule has 0 aromatic carbocycles. The van der Waals surface area contributed by atoms with Gasteiger partial charge >= 0.3 is 0 Å². The number of carbonyl (C=O) groups excluding carboxylic acids is 2. The van der Waals surface area contributed by atoms with E-state index in [4.69, 9.17) is 0 Å². The molecule has 7 heteroatoms. The summed E-state index contributed by atoms with van der Waals surface area (Å²) in [6, 6.07) is 7.25. The van der Waals surface area contributed by atoms with Crippen molar-refractivity contribution in [2.24, 2.45) is 0 Å². The van der Waals surface area contributed by atoms with Gasteiger partial charge < -0.3 is 15.5 Å². The molecule has 0 radical (unpaired) electrons. The van der Waals surface area contributed by atoms with E-state index in [1.165, 1.54) is 0 Å². The summed E-state index contributed by atoms with van der Waals surface area (Å²) < 4.78 is 0. The quantitative estimate of drug-likeness (QED) is 0.831. The van der Waals surface area contributed by atoms with Gasteiger partial charge in [-0.1, -0.05) is 0 Å². The van der Waals surface area contributed by atoms with Crippen LogP contribution in [0.2, 0.25) is 0 Å². The normalized spacial score (nSPS) is 16.4. The van der Waals surface area contributed by atoms with E-state index >= 15 is 0 Å². The van der Waals surface area contributed by atoms with Crippen LogP contribution in [0.25, 0.3) is 0 Å². The molecule has 2 aromatic heterocycles. The van der Waals surface area contributed by atoms with Gasteiger partial charge in [0.25, 0.3) is 5.91 Å². The first-order chi connectivity index (χ1) is 12.2. The van der Waals surface area contributed by atoms with E-state index in [1.54, 1.807) is 42.7 Å². The Morgan fingerprint density at radius 1 is 1.32 bits per heavy atom. The number of amides is 2. The Kier molecular flexibility index (Phi) is 5.23. The van der Waals surface area contributed by atoms with Gasteiger partial charge in [0.05, 0.1) is 5.56 Å². The molecule has 1 atom stereocenters. The number of rotatable bonds is 6. The molecule has 3 heterocycles. The molecule has 2 amide bonds. The fourth-order valence-corrected chi connectivity index (χ4v) is 2.96. The second-order valence-corrected chi connectivity index (χ2v) is 5.99. The monoisotopic (exact) mass is 339 g/mol. The van der Waals surface area contributed by atoms with E-state index in [-0.39, 0.29) is 17.9 Å². The van der Waals surface area contributed by atoms with Crippen molar-refractivity contribution in [2.45, 2.75) is 25.4 Å². The minimum absolute atomic E-state index is 0.0204. The van der Waals surface area contributed by atoms with Crippen LogP contribution < -0.4 is 10.6 Å². The molecule has 0 aliphatic carbocycles. The summed E-state index contributed by atoms with van der Waals surface area (Å²) in [6.45, 7) is 0.913. The fourth-order valence-electron chi connectivity index (χ4n) is 2.96.